The van der Waals surface area contributed by atoms with Crippen LogP contribution >= 0.6 is 23.2 Å². The smallest absolute Gasteiger partial charge is 0.227 e. The minimum absolute atomic E-state index is 0.00728. The Hall–Kier alpha value is -1.32. The van der Waals surface area contributed by atoms with Crippen molar-refractivity contribution in [3.63, 3.8) is 0 Å². The molecule has 1 N–H and O–H groups in total. The molecule has 0 saturated carbocycles. The van der Waals surface area contributed by atoms with Crippen molar-refractivity contribution in [2.24, 2.45) is 0 Å². The van der Waals surface area contributed by atoms with Gasteiger partial charge in [0, 0.05) is 6.42 Å². The zero-order valence-corrected chi connectivity index (χ0v) is 10.1. The van der Waals surface area contributed by atoms with E-state index in [4.69, 9.17) is 23.2 Å². The summed E-state index contributed by atoms with van der Waals surface area (Å²) in [6, 6.07) is 8.84. The number of hydrogen-bond acceptors (Lipinski definition) is 3. The second kappa shape index (κ2) is 4.17. The van der Waals surface area contributed by atoms with Crippen LogP contribution < -0.4 is 0 Å². The molecular weight excluding hydrogens is 263 g/mol. The van der Waals surface area contributed by atoms with E-state index in [1.165, 1.54) is 0 Å². The summed E-state index contributed by atoms with van der Waals surface area (Å²) in [6.45, 7) is 0. The number of halogens is 2. The third-order valence-electron chi connectivity index (χ3n) is 2.63. The fraction of sp³-hybridized carbons (Fsp3) is 0.167. The van der Waals surface area contributed by atoms with Crippen molar-refractivity contribution in [1.82, 2.24) is 0 Å². The number of alkyl halides is 1. The Morgan fingerprint density at radius 1 is 1.12 bits per heavy atom. The lowest BCUT2D eigenvalue weighted by Gasteiger charge is -2.17. The Labute approximate surface area is 108 Å². The third-order valence-corrected chi connectivity index (χ3v) is 3.46. The van der Waals surface area contributed by atoms with E-state index in [1.807, 2.05) is 6.07 Å². The van der Waals surface area contributed by atoms with Crippen molar-refractivity contribution >= 4 is 34.8 Å². The lowest BCUT2D eigenvalue weighted by atomic mass is 9.94. The van der Waals surface area contributed by atoms with Gasteiger partial charge in [0.2, 0.25) is 11.6 Å². The quantitative estimate of drug-likeness (QED) is 0.663. The molecular formula is C12H8Cl2O3. The van der Waals surface area contributed by atoms with E-state index in [2.05, 4.69) is 0 Å². The number of Topliss-reactive ketones (excluding diaryl/α,β-unsaturated/α-hetero) is 2. The normalized spacial score (nSPS) is 24.6. The molecule has 0 amide bonds. The van der Waals surface area contributed by atoms with E-state index in [0.717, 1.165) is 5.56 Å². The molecule has 0 heterocycles. The summed E-state index contributed by atoms with van der Waals surface area (Å²) in [7, 11) is 0. The van der Waals surface area contributed by atoms with Crippen molar-refractivity contribution in [2.75, 3.05) is 0 Å². The van der Waals surface area contributed by atoms with Gasteiger partial charge in [0.25, 0.3) is 0 Å². The number of carbonyl (C=O) groups excluding carboxylic acids is 2. The molecule has 2 rings (SSSR count). The number of aliphatic hydroxyl groups excluding tert-OH is 1. The fourth-order valence-electron chi connectivity index (χ4n) is 1.71. The minimum Gasteiger partial charge on any atom is -0.503 e. The molecule has 0 aromatic heterocycles. The molecule has 17 heavy (non-hydrogen) atoms. The molecule has 1 aromatic carbocycles. The molecule has 1 aromatic rings. The number of aliphatic hydroxyl groups is 1. The number of carbonyl (C=O) groups is 2. The molecule has 0 radical (unpaired) electrons. The summed E-state index contributed by atoms with van der Waals surface area (Å²) in [6.07, 6.45) is 0.00728. The number of rotatable bonds is 2. The van der Waals surface area contributed by atoms with Crippen LogP contribution in [0.15, 0.2) is 41.1 Å². The van der Waals surface area contributed by atoms with Gasteiger partial charge in [-0.1, -0.05) is 41.9 Å². The molecule has 1 aliphatic rings. The molecule has 0 bridgehead atoms. The lowest BCUT2D eigenvalue weighted by Crippen LogP contribution is -2.39. The maximum atomic E-state index is 11.7. The number of hydrogen-bond donors (Lipinski definition) is 1. The molecule has 0 saturated heterocycles. The Kier molecular flexibility index (Phi) is 2.98. The van der Waals surface area contributed by atoms with Crippen LogP contribution in [-0.4, -0.2) is 21.5 Å². The summed E-state index contributed by atoms with van der Waals surface area (Å²) in [4.78, 5) is 21.7. The second-order valence-electron chi connectivity index (χ2n) is 3.78. The molecule has 0 spiro atoms. The monoisotopic (exact) mass is 270 g/mol. The van der Waals surface area contributed by atoms with Gasteiger partial charge in [-0.05, 0) is 5.56 Å². The minimum atomic E-state index is -1.80. The van der Waals surface area contributed by atoms with E-state index in [1.54, 1.807) is 24.3 Å². The van der Waals surface area contributed by atoms with Crippen LogP contribution in [-0.2, 0) is 16.0 Å². The van der Waals surface area contributed by atoms with Gasteiger partial charge in [-0.15, -0.1) is 11.6 Å². The largest absolute Gasteiger partial charge is 0.503 e. The van der Waals surface area contributed by atoms with E-state index in [-0.39, 0.29) is 6.42 Å². The van der Waals surface area contributed by atoms with Gasteiger partial charge >= 0.3 is 0 Å². The van der Waals surface area contributed by atoms with E-state index in [9.17, 15) is 14.7 Å². The number of benzene rings is 1. The molecule has 88 valence electrons. The van der Waals surface area contributed by atoms with Crippen LogP contribution in [0.3, 0.4) is 0 Å². The van der Waals surface area contributed by atoms with Crippen LogP contribution in [0.2, 0.25) is 0 Å². The molecule has 0 fully saturated rings. The standard InChI is InChI=1S/C12H8Cl2O3/c13-8-9(15)11(17)12(14,10(8)16)6-7-4-2-1-3-5-7/h1-5,15H,6H2. The maximum Gasteiger partial charge on any atom is 0.227 e. The average Bonchev–Trinajstić information content (AvgIpc) is 2.47. The van der Waals surface area contributed by atoms with Crippen molar-refractivity contribution < 1.29 is 14.7 Å². The van der Waals surface area contributed by atoms with Gasteiger partial charge in [-0.2, -0.15) is 0 Å². The topological polar surface area (TPSA) is 54.4 Å². The summed E-state index contributed by atoms with van der Waals surface area (Å²) in [5.74, 6) is -2.33. The van der Waals surface area contributed by atoms with E-state index >= 15 is 0 Å². The number of ketones is 2. The Morgan fingerprint density at radius 3 is 2.18 bits per heavy atom. The van der Waals surface area contributed by atoms with Crippen LogP contribution in [0.4, 0.5) is 0 Å². The van der Waals surface area contributed by atoms with Gasteiger partial charge in [0.1, 0.15) is 5.03 Å². The predicted octanol–water partition coefficient (Wildman–Crippen LogP) is 2.37. The van der Waals surface area contributed by atoms with Crippen molar-refractivity contribution in [2.45, 2.75) is 11.3 Å². The first-order valence-corrected chi connectivity index (χ1v) is 5.63. The highest BCUT2D eigenvalue weighted by Gasteiger charge is 2.53. The van der Waals surface area contributed by atoms with Crippen LogP contribution in [0.1, 0.15) is 5.56 Å². The first-order valence-electron chi connectivity index (χ1n) is 4.88. The van der Waals surface area contributed by atoms with Gasteiger partial charge in [0.05, 0.1) is 0 Å². The fourth-order valence-corrected chi connectivity index (χ4v) is 2.34. The highest BCUT2D eigenvalue weighted by molar-refractivity contribution is 6.62. The van der Waals surface area contributed by atoms with Gasteiger partial charge in [0.15, 0.2) is 10.6 Å². The Bertz CT molecular complexity index is 496. The molecule has 1 atom stereocenters. The van der Waals surface area contributed by atoms with E-state index in [0.29, 0.717) is 0 Å². The molecule has 5 heteroatoms. The molecule has 1 unspecified atom stereocenters. The molecule has 3 nitrogen and oxygen atoms in total. The highest BCUT2D eigenvalue weighted by atomic mass is 35.5. The number of allylic oxidation sites excluding steroid dienone is 2. The summed E-state index contributed by atoms with van der Waals surface area (Å²) >= 11 is 11.5. The first-order chi connectivity index (χ1) is 7.97. The lowest BCUT2D eigenvalue weighted by molar-refractivity contribution is -0.125. The molecule has 1 aliphatic carbocycles. The average molecular weight is 271 g/mol. The first kappa shape index (κ1) is 12.1. The van der Waals surface area contributed by atoms with Crippen molar-refractivity contribution in [1.29, 1.82) is 0 Å². The van der Waals surface area contributed by atoms with Crippen molar-refractivity contribution in [3.05, 3.63) is 46.7 Å². The summed E-state index contributed by atoms with van der Waals surface area (Å²) < 4.78 is 0. The van der Waals surface area contributed by atoms with Gasteiger partial charge < -0.3 is 5.11 Å². The van der Waals surface area contributed by atoms with Gasteiger partial charge in [-0.3, -0.25) is 9.59 Å². The van der Waals surface area contributed by atoms with Crippen LogP contribution in [0, 0.1) is 0 Å². The van der Waals surface area contributed by atoms with E-state index < -0.39 is 27.2 Å². The zero-order chi connectivity index (χ0) is 12.6. The SMILES string of the molecule is O=C1C(O)=C(Cl)C(=O)C1(Cl)Cc1ccccc1. The highest BCUT2D eigenvalue weighted by Crippen LogP contribution is 2.37. The third kappa shape index (κ3) is 1.85. The van der Waals surface area contributed by atoms with Crippen LogP contribution in [0.5, 0.6) is 0 Å². The predicted molar refractivity (Wildman–Crippen MR) is 64.3 cm³/mol. The zero-order valence-electron chi connectivity index (χ0n) is 8.61. The molecule has 0 aliphatic heterocycles. The second-order valence-corrected chi connectivity index (χ2v) is 4.81. The Morgan fingerprint density at radius 2 is 1.71 bits per heavy atom. The maximum absolute atomic E-state index is 11.7. The Balaban J connectivity index is 2.34. The van der Waals surface area contributed by atoms with Gasteiger partial charge in [-0.25, -0.2) is 0 Å². The van der Waals surface area contributed by atoms with Crippen LogP contribution in [0.25, 0.3) is 0 Å². The summed E-state index contributed by atoms with van der Waals surface area (Å²) in [5.41, 5.74) is 0.725. The van der Waals surface area contributed by atoms with Crippen molar-refractivity contribution in [3.8, 4) is 0 Å². The summed E-state index contributed by atoms with van der Waals surface area (Å²) in [5, 5.41) is 8.86.